The van der Waals surface area contributed by atoms with E-state index in [-0.39, 0.29) is 17.7 Å². The molecule has 122 valence electrons. The van der Waals surface area contributed by atoms with Gasteiger partial charge in [0.2, 0.25) is 11.8 Å². The number of thiophene rings is 1. The average Bonchev–Trinajstić information content (AvgIpc) is 3.08. The van der Waals surface area contributed by atoms with E-state index in [0.717, 1.165) is 4.88 Å². The summed E-state index contributed by atoms with van der Waals surface area (Å²) >= 11 is 1.58. The minimum atomic E-state index is -0.162. The number of hydrogen-bond acceptors (Lipinski definition) is 5. The molecule has 3 rings (SSSR count). The number of hydrazone groups is 1. The van der Waals surface area contributed by atoms with Crippen LogP contribution in [-0.4, -0.2) is 59.4 Å². The summed E-state index contributed by atoms with van der Waals surface area (Å²) < 4.78 is 0. The average molecular weight is 334 g/mol. The van der Waals surface area contributed by atoms with Crippen molar-refractivity contribution in [1.82, 2.24) is 15.2 Å². The molecule has 0 atom stereocenters. The van der Waals surface area contributed by atoms with Crippen molar-refractivity contribution in [2.45, 2.75) is 19.3 Å². The molecule has 1 fully saturated rings. The lowest BCUT2D eigenvalue weighted by atomic mass is 10.1. The van der Waals surface area contributed by atoms with Gasteiger partial charge in [0.05, 0.1) is 6.42 Å². The molecule has 0 aromatic carbocycles. The highest BCUT2D eigenvalue weighted by Crippen LogP contribution is 2.13. The Labute approximate surface area is 137 Å². The first-order valence-corrected chi connectivity index (χ1v) is 8.46. The van der Waals surface area contributed by atoms with Crippen molar-refractivity contribution in [3.8, 4) is 0 Å². The summed E-state index contributed by atoms with van der Waals surface area (Å²) in [6.45, 7) is 2.08. The quantitative estimate of drug-likeness (QED) is 0.859. The van der Waals surface area contributed by atoms with Gasteiger partial charge in [-0.1, -0.05) is 6.07 Å². The summed E-state index contributed by atoms with van der Waals surface area (Å²) in [7, 11) is 0. The van der Waals surface area contributed by atoms with Gasteiger partial charge in [0.15, 0.2) is 0 Å². The largest absolute Gasteiger partial charge is 0.339 e. The zero-order valence-electron chi connectivity index (χ0n) is 12.7. The van der Waals surface area contributed by atoms with E-state index in [2.05, 4.69) is 10.5 Å². The van der Waals surface area contributed by atoms with E-state index in [9.17, 15) is 14.4 Å². The summed E-state index contributed by atoms with van der Waals surface area (Å²) in [5, 5.41) is 5.80. The van der Waals surface area contributed by atoms with E-state index in [4.69, 9.17) is 0 Å². The predicted molar refractivity (Wildman–Crippen MR) is 86.0 cm³/mol. The molecule has 8 heteroatoms. The third-order valence-electron chi connectivity index (χ3n) is 3.98. The lowest BCUT2D eigenvalue weighted by Crippen LogP contribution is -2.53. The van der Waals surface area contributed by atoms with Gasteiger partial charge in [0, 0.05) is 43.9 Å². The lowest BCUT2D eigenvalue weighted by molar-refractivity contribution is -0.136. The van der Waals surface area contributed by atoms with Gasteiger partial charge in [0.1, 0.15) is 5.71 Å². The molecule has 1 N–H and O–H groups in total. The normalized spacial score (nSPS) is 18.4. The summed E-state index contributed by atoms with van der Waals surface area (Å²) in [4.78, 5) is 40.2. The van der Waals surface area contributed by atoms with Crippen LogP contribution >= 0.6 is 11.3 Å². The van der Waals surface area contributed by atoms with Gasteiger partial charge in [-0.15, -0.1) is 11.3 Å². The standard InChI is InChI=1S/C15H18N4O3S/c20-13-4-3-12(16-17-13)15(22)19-7-5-18(6-8-19)14(21)10-11-2-1-9-23-11/h1-2,9H,3-8,10H2,(H,17,20). The maximum absolute atomic E-state index is 12.3. The van der Waals surface area contributed by atoms with Gasteiger partial charge in [-0.25, -0.2) is 5.43 Å². The molecule has 2 aliphatic rings. The smallest absolute Gasteiger partial charge is 0.270 e. The van der Waals surface area contributed by atoms with E-state index in [1.165, 1.54) is 0 Å². The Kier molecular flexibility index (Phi) is 4.71. The molecule has 0 radical (unpaired) electrons. The molecule has 7 nitrogen and oxygen atoms in total. The van der Waals surface area contributed by atoms with Crippen LogP contribution < -0.4 is 5.43 Å². The molecule has 3 heterocycles. The van der Waals surface area contributed by atoms with E-state index in [0.29, 0.717) is 51.2 Å². The third kappa shape index (κ3) is 3.76. The molecule has 1 aromatic heterocycles. The highest BCUT2D eigenvalue weighted by Gasteiger charge is 2.28. The first kappa shape index (κ1) is 15.7. The fraction of sp³-hybridized carbons (Fsp3) is 0.467. The van der Waals surface area contributed by atoms with Crippen LogP contribution in [-0.2, 0) is 20.8 Å². The molecule has 23 heavy (non-hydrogen) atoms. The second-order valence-electron chi connectivity index (χ2n) is 5.52. The minimum absolute atomic E-state index is 0.0989. The minimum Gasteiger partial charge on any atom is -0.339 e. The summed E-state index contributed by atoms with van der Waals surface area (Å²) in [5.74, 6) is -0.206. The Morgan fingerprint density at radius 3 is 2.52 bits per heavy atom. The topological polar surface area (TPSA) is 82.1 Å². The number of nitrogens with one attached hydrogen (secondary N) is 1. The Bertz CT molecular complexity index is 633. The fourth-order valence-corrected chi connectivity index (χ4v) is 3.34. The molecule has 0 saturated carbocycles. The second-order valence-corrected chi connectivity index (χ2v) is 6.55. The molecule has 0 spiro atoms. The molecular weight excluding hydrogens is 316 g/mol. The van der Waals surface area contributed by atoms with Crippen molar-refractivity contribution >= 4 is 34.8 Å². The predicted octanol–water partition coefficient (Wildman–Crippen LogP) is 0.227. The van der Waals surface area contributed by atoms with Crippen molar-refractivity contribution < 1.29 is 14.4 Å². The summed E-state index contributed by atoms with van der Waals surface area (Å²) in [6.07, 6.45) is 1.09. The number of carbonyl (C=O) groups is 3. The van der Waals surface area contributed by atoms with Crippen molar-refractivity contribution in [3.05, 3.63) is 22.4 Å². The van der Waals surface area contributed by atoms with Crippen LogP contribution in [0.1, 0.15) is 17.7 Å². The lowest BCUT2D eigenvalue weighted by Gasteiger charge is -2.35. The van der Waals surface area contributed by atoms with Crippen LogP contribution in [0, 0.1) is 0 Å². The van der Waals surface area contributed by atoms with Gasteiger partial charge in [-0.2, -0.15) is 5.10 Å². The Balaban J connectivity index is 1.51. The van der Waals surface area contributed by atoms with Crippen molar-refractivity contribution in [1.29, 1.82) is 0 Å². The van der Waals surface area contributed by atoms with Gasteiger partial charge >= 0.3 is 0 Å². The summed E-state index contributed by atoms with van der Waals surface area (Å²) in [5.41, 5.74) is 2.73. The molecule has 1 aromatic rings. The summed E-state index contributed by atoms with van der Waals surface area (Å²) in [6, 6.07) is 3.89. The number of rotatable bonds is 3. The number of amides is 3. The number of nitrogens with zero attached hydrogens (tertiary/aromatic N) is 3. The van der Waals surface area contributed by atoms with Gasteiger partial charge in [-0.3, -0.25) is 14.4 Å². The van der Waals surface area contributed by atoms with E-state index in [1.54, 1.807) is 21.1 Å². The van der Waals surface area contributed by atoms with Crippen LogP contribution in [0.3, 0.4) is 0 Å². The molecule has 2 aliphatic heterocycles. The fourth-order valence-electron chi connectivity index (χ4n) is 2.64. The number of carbonyl (C=O) groups excluding carboxylic acids is 3. The Morgan fingerprint density at radius 2 is 1.91 bits per heavy atom. The van der Waals surface area contributed by atoms with Crippen LogP contribution in [0.5, 0.6) is 0 Å². The number of hydrogen-bond donors (Lipinski definition) is 1. The van der Waals surface area contributed by atoms with E-state index >= 15 is 0 Å². The van der Waals surface area contributed by atoms with E-state index in [1.807, 2.05) is 17.5 Å². The van der Waals surface area contributed by atoms with Gasteiger partial charge < -0.3 is 9.80 Å². The van der Waals surface area contributed by atoms with Crippen LogP contribution in [0.4, 0.5) is 0 Å². The number of piperazine rings is 1. The first-order chi connectivity index (χ1) is 11.1. The van der Waals surface area contributed by atoms with E-state index < -0.39 is 0 Å². The zero-order valence-corrected chi connectivity index (χ0v) is 13.5. The first-order valence-electron chi connectivity index (χ1n) is 7.58. The molecular formula is C15H18N4O3S. The molecule has 1 saturated heterocycles. The highest BCUT2D eigenvalue weighted by atomic mass is 32.1. The van der Waals surface area contributed by atoms with Gasteiger partial charge in [0.25, 0.3) is 5.91 Å². The van der Waals surface area contributed by atoms with Crippen molar-refractivity contribution in [3.63, 3.8) is 0 Å². The van der Waals surface area contributed by atoms with Crippen LogP contribution in [0.2, 0.25) is 0 Å². The molecule has 3 amide bonds. The Morgan fingerprint density at radius 1 is 1.17 bits per heavy atom. The third-order valence-corrected chi connectivity index (χ3v) is 4.85. The van der Waals surface area contributed by atoms with Gasteiger partial charge in [-0.05, 0) is 11.4 Å². The van der Waals surface area contributed by atoms with Crippen molar-refractivity contribution in [2.75, 3.05) is 26.2 Å². The van der Waals surface area contributed by atoms with Crippen molar-refractivity contribution in [2.24, 2.45) is 5.10 Å². The molecule has 0 unspecified atom stereocenters. The SMILES string of the molecule is O=C1CCC(C(=O)N2CCN(C(=O)Cc3cccs3)CC2)=NN1. The second kappa shape index (κ2) is 6.91. The maximum atomic E-state index is 12.3. The Hall–Kier alpha value is -2.22. The highest BCUT2D eigenvalue weighted by molar-refractivity contribution is 7.10. The molecule has 0 aliphatic carbocycles. The zero-order chi connectivity index (χ0) is 16.2. The monoisotopic (exact) mass is 334 g/mol. The van der Waals surface area contributed by atoms with Crippen LogP contribution in [0.25, 0.3) is 0 Å². The maximum Gasteiger partial charge on any atom is 0.270 e. The van der Waals surface area contributed by atoms with Crippen LogP contribution in [0.15, 0.2) is 22.6 Å². The molecule has 0 bridgehead atoms.